The molecule has 4 nitrogen and oxygen atoms in total. The highest BCUT2D eigenvalue weighted by Crippen LogP contribution is 2.12. The second kappa shape index (κ2) is 4.87. The Balaban J connectivity index is 2.17. The van der Waals surface area contributed by atoms with Gasteiger partial charge in [-0.15, -0.1) is 0 Å². The van der Waals surface area contributed by atoms with Gasteiger partial charge in [-0.1, -0.05) is 0 Å². The van der Waals surface area contributed by atoms with Crippen molar-refractivity contribution in [2.75, 3.05) is 20.3 Å². The van der Waals surface area contributed by atoms with Crippen LogP contribution in [0.4, 0.5) is 0 Å². The molecule has 0 aliphatic carbocycles. The molecule has 1 saturated heterocycles. The van der Waals surface area contributed by atoms with Gasteiger partial charge in [0.05, 0.1) is 13.2 Å². The van der Waals surface area contributed by atoms with E-state index in [0.717, 1.165) is 19.4 Å². The van der Waals surface area contributed by atoms with Crippen LogP contribution in [0.5, 0.6) is 0 Å². The van der Waals surface area contributed by atoms with E-state index in [9.17, 15) is 4.79 Å². The van der Waals surface area contributed by atoms with Crippen LogP contribution in [0.1, 0.15) is 12.8 Å². The molecule has 0 saturated carbocycles. The van der Waals surface area contributed by atoms with Crippen LogP contribution in [-0.4, -0.2) is 32.4 Å². The van der Waals surface area contributed by atoms with Gasteiger partial charge in [0.1, 0.15) is 6.61 Å². The van der Waals surface area contributed by atoms with Gasteiger partial charge in [-0.25, -0.2) is 4.79 Å². The molecular formula is C9H14O4. The molecule has 0 aromatic heterocycles. The van der Waals surface area contributed by atoms with Gasteiger partial charge < -0.3 is 14.2 Å². The highest BCUT2D eigenvalue weighted by molar-refractivity contribution is 5.85. The van der Waals surface area contributed by atoms with E-state index in [4.69, 9.17) is 9.47 Å². The van der Waals surface area contributed by atoms with Crippen LogP contribution in [0.3, 0.4) is 0 Å². The van der Waals surface area contributed by atoms with E-state index >= 15 is 0 Å². The van der Waals surface area contributed by atoms with Gasteiger partial charge in [0.2, 0.25) is 0 Å². The lowest BCUT2D eigenvalue weighted by Gasteiger charge is -2.10. The van der Waals surface area contributed by atoms with Crippen molar-refractivity contribution in [3.63, 3.8) is 0 Å². The highest BCUT2D eigenvalue weighted by atomic mass is 16.6. The summed E-state index contributed by atoms with van der Waals surface area (Å²) in [7, 11) is 1.38. The minimum atomic E-state index is -0.516. The summed E-state index contributed by atoms with van der Waals surface area (Å²) in [4.78, 5) is 11.0. The third-order valence-corrected chi connectivity index (χ3v) is 1.90. The number of hydrogen-bond acceptors (Lipinski definition) is 4. The molecule has 0 bridgehead atoms. The van der Waals surface area contributed by atoms with Crippen molar-refractivity contribution in [1.82, 2.24) is 0 Å². The van der Waals surface area contributed by atoms with Crippen LogP contribution in [-0.2, 0) is 19.0 Å². The molecule has 1 aliphatic rings. The first-order valence-corrected chi connectivity index (χ1v) is 4.25. The summed E-state index contributed by atoms with van der Waals surface area (Å²) in [5.74, 6) is -0.490. The molecule has 74 valence electrons. The molecule has 1 rings (SSSR count). The van der Waals surface area contributed by atoms with E-state index in [-0.39, 0.29) is 11.9 Å². The smallest absolute Gasteiger partial charge is 0.373 e. The van der Waals surface area contributed by atoms with Crippen LogP contribution in [0.2, 0.25) is 0 Å². The van der Waals surface area contributed by atoms with Crippen molar-refractivity contribution in [2.24, 2.45) is 0 Å². The lowest BCUT2D eigenvalue weighted by molar-refractivity contribution is -0.145. The van der Waals surface area contributed by atoms with Crippen molar-refractivity contribution >= 4 is 5.97 Å². The first-order valence-electron chi connectivity index (χ1n) is 4.25. The van der Waals surface area contributed by atoms with E-state index in [1.54, 1.807) is 0 Å². The van der Waals surface area contributed by atoms with E-state index in [0.29, 0.717) is 6.61 Å². The lowest BCUT2D eigenvalue weighted by Crippen LogP contribution is -2.18. The monoisotopic (exact) mass is 186 g/mol. The summed E-state index contributed by atoms with van der Waals surface area (Å²) in [5, 5.41) is 0. The Kier molecular flexibility index (Phi) is 3.76. The predicted molar refractivity (Wildman–Crippen MR) is 46.1 cm³/mol. The van der Waals surface area contributed by atoms with Gasteiger partial charge in [-0.3, -0.25) is 0 Å². The Labute approximate surface area is 77.5 Å². The molecule has 0 N–H and O–H groups in total. The molecule has 4 heteroatoms. The first-order chi connectivity index (χ1) is 6.24. The van der Waals surface area contributed by atoms with Gasteiger partial charge in [-0.05, 0) is 19.4 Å². The average molecular weight is 186 g/mol. The molecule has 1 aliphatic heterocycles. The minimum absolute atomic E-state index is 0.0259. The third-order valence-electron chi connectivity index (χ3n) is 1.90. The van der Waals surface area contributed by atoms with Gasteiger partial charge in [0, 0.05) is 6.61 Å². The second-order valence-corrected chi connectivity index (χ2v) is 2.86. The average Bonchev–Trinajstić information content (AvgIpc) is 2.65. The zero-order valence-corrected chi connectivity index (χ0v) is 7.75. The molecule has 0 aromatic rings. The largest absolute Gasteiger partial charge is 0.490 e. The second-order valence-electron chi connectivity index (χ2n) is 2.86. The highest BCUT2D eigenvalue weighted by Gasteiger charge is 2.18. The number of carbonyl (C=O) groups is 1. The van der Waals surface area contributed by atoms with Gasteiger partial charge in [0.25, 0.3) is 0 Å². The Morgan fingerprint density at radius 1 is 1.69 bits per heavy atom. The summed E-state index contributed by atoms with van der Waals surface area (Å²) < 4.78 is 14.8. The number of rotatable bonds is 4. The fourth-order valence-corrected chi connectivity index (χ4v) is 1.11. The topological polar surface area (TPSA) is 44.8 Å². The zero-order chi connectivity index (χ0) is 9.68. The molecule has 1 atom stereocenters. The molecule has 0 aromatic carbocycles. The van der Waals surface area contributed by atoms with Gasteiger partial charge in [-0.2, -0.15) is 0 Å². The van der Waals surface area contributed by atoms with Crippen LogP contribution in [0.25, 0.3) is 0 Å². The number of carbonyl (C=O) groups excluding carboxylic acids is 1. The molecule has 0 radical (unpaired) electrons. The molecule has 1 heterocycles. The maximum absolute atomic E-state index is 11.0. The van der Waals surface area contributed by atoms with E-state index < -0.39 is 5.97 Å². The molecule has 0 spiro atoms. The Morgan fingerprint density at radius 3 is 3.00 bits per heavy atom. The van der Waals surface area contributed by atoms with E-state index in [1.165, 1.54) is 7.11 Å². The van der Waals surface area contributed by atoms with Gasteiger partial charge >= 0.3 is 5.97 Å². The van der Waals surface area contributed by atoms with Crippen LogP contribution in [0, 0.1) is 0 Å². The number of hydrogen-bond donors (Lipinski definition) is 0. The molecule has 13 heavy (non-hydrogen) atoms. The van der Waals surface area contributed by atoms with Gasteiger partial charge in [0.15, 0.2) is 5.76 Å². The van der Waals surface area contributed by atoms with Crippen LogP contribution < -0.4 is 0 Å². The zero-order valence-electron chi connectivity index (χ0n) is 7.75. The number of ether oxygens (including phenoxy) is 3. The minimum Gasteiger partial charge on any atom is -0.490 e. The van der Waals surface area contributed by atoms with Crippen molar-refractivity contribution in [2.45, 2.75) is 18.9 Å². The summed E-state index contributed by atoms with van der Waals surface area (Å²) in [6.45, 7) is 4.43. The molecular weight excluding hydrogens is 172 g/mol. The summed E-state index contributed by atoms with van der Waals surface area (Å²) in [6, 6.07) is 0. The number of esters is 1. The van der Waals surface area contributed by atoms with E-state index in [1.807, 2.05) is 0 Å². The summed E-state index contributed by atoms with van der Waals surface area (Å²) >= 11 is 0. The maximum Gasteiger partial charge on any atom is 0.373 e. The van der Waals surface area contributed by atoms with Crippen molar-refractivity contribution in [3.05, 3.63) is 12.3 Å². The fourth-order valence-electron chi connectivity index (χ4n) is 1.11. The Hall–Kier alpha value is -1.03. The lowest BCUT2D eigenvalue weighted by atomic mass is 10.2. The first kappa shape index (κ1) is 10.1. The molecule has 1 fully saturated rings. The molecule has 1 unspecified atom stereocenters. The summed E-state index contributed by atoms with van der Waals surface area (Å²) in [6.07, 6.45) is 2.04. The summed E-state index contributed by atoms with van der Waals surface area (Å²) in [5.41, 5.74) is 0. The Morgan fingerprint density at radius 2 is 2.46 bits per heavy atom. The Bertz CT molecular complexity index is 194. The quantitative estimate of drug-likeness (QED) is 0.371. The maximum atomic E-state index is 11.0. The SMILES string of the molecule is C=C(OC)C(=O)OCC1CCCO1. The van der Waals surface area contributed by atoms with Crippen molar-refractivity contribution in [3.8, 4) is 0 Å². The van der Waals surface area contributed by atoms with E-state index in [2.05, 4.69) is 11.3 Å². The third kappa shape index (κ3) is 3.06. The molecule has 0 amide bonds. The van der Waals surface area contributed by atoms with Crippen LogP contribution >= 0.6 is 0 Å². The predicted octanol–water partition coefficient (Wildman–Crippen LogP) is 0.869. The van der Waals surface area contributed by atoms with Crippen molar-refractivity contribution in [1.29, 1.82) is 0 Å². The standard InChI is InChI=1S/C9H14O4/c1-7(11-2)9(10)13-6-8-4-3-5-12-8/h8H,1,3-6H2,2H3. The number of methoxy groups -OCH3 is 1. The normalized spacial score (nSPS) is 21.2. The van der Waals surface area contributed by atoms with Crippen molar-refractivity contribution < 1.29 is 19.0 Å². The fraction of sp³-hybridized carbons (Fsp3) is 0.667. The van der Waals surface area contributed by atoms with Crippen LogP contribution in [0.15, 0.2) is 12.3 Å².